The molecule has 1 rings (SSSR count). The molecule has 4 nitrogen and oxygen atoms in total. The van der Waals surface area contributed by atoms with Gasteiger partial charge >= 0.3 is 5.97 Å². The van der Waals surface area contributed by atoms with E-state index >= 15 is 0 Å². The zero-order valence-corrected chi connectivity index (χ0v) is 15.1. The van der Waals surface area contributed by atoms with Gasteiger partial charge in [0.05, 0.1) is 24.4 Å². The van der Waals surface area contributed by atoms with Crippen molar-refractivity contribution in [1.29, 1.82) is 0 Å². The van der Waals surface area contributed by atoms with Gasteiger partial charge in [-0.2, -0.15) is 0 Å². The number of ether oxygens (including phenoxy) is 2. The number of rotatable bonds is 6. The van der Waals surface area contributed by atoms with Crippen molar-refractivity contribution in [2.24, 2.45) is 5.41 Å². The highest BCUT2D eigenvalue weighted by atomic mass is 16.5. The van der Waals surface area contributed by atoms with Gasteiger partial charge in [-0.1, -0.05) is 32.9 Å². The summed E-state index contributed by atoms with van der Waals surface area (Å²) in [6.45, 7) is 12.4. The molecule has 128 valence electrons. The largest absolute Gasteiger partial charge is 0.462 e. The third kappa shape index (κ3) is 6.95. The number of hydrogen-bond donors (Lipinski definition) is 0. The molecule has 0 saturated carbocycles. The van der Waals surface area contributed by atoms with E-state index in [4.69, 9.17) is 9.47 Å². The van der Waals surface area contributed by atoms with Gasteiger partial charge in [-0.15, -0.1) is 0 Å². The van der Waals surface area contributed by atoms with Gasteiger partial charge in [0.1, 0.15) is 0 Å². The zero-order valence-electron chi connectivity index (χ0n) is 15.1. The fourth-order valence-electron chi connectivity index (χ4n) is 1.88. The van der Waals surface area contributed by atoms with Crippen LogP contribution < -0.4 is 0 Å². The van der Waals surface area contributed by atoms with E-state index in [1.54, 1.807) is 24.3 Å². The third-order valence-electron chi connectivity index (χ3n) is 3.12. The van der Waals surface area contributed by atoms with Crippen molar-refractivity contribution >= 4 is 11.8 Å². The van der Waals surface area contributed by atoms with Gasteiger partial charge in [-0.05, 0) is 32.9 Å². The highest BCUT2D eigenvalue weighted by Crippen LogP contribution is 2.21. The second kappa shape index (κ2) is 7.73. The molecular formula is C19H28O4. The first-order chi connectivity index (χ1) is 10.5. The maximum Gasteiger partial charge on any atom is 0.338 e. The van der Waals surface area contributed by atoms with Gasteiger partial charge in [0.25, 0.3) is 0 Å². The Morgan fingerprint density at radius 1 is 0.870 bits per heavy atom. The summed E-state index contributed by atoms with van der Waals surface area (Å²) < 4.78 is 10.8. The maximum absolute atomic E-state index is 12.1. The predicted molar refractivity (Wildman–Crippen MR) is 90.8 cm³/mol. The number of carbonyl (C=O) groups excluding carboxylic acids is 2. The average Bonchev–Trinajstić information content (AvgIpc) is 2.44. The Hall–Kier alpha value is -1.68. The first-order valence-corrected chi connectivity index (χ1v) is 7.97. The molecule has 0 amide bonds. The summed E-state index contributed by atoms with van der Waals surface area (Å²) >= 11 is 0. The van der Waals surface area contributed by atoms with Crippen LogP contribution in [0.1, 0.15) is 68.7 Å². The Balaban J connectivity index is 2.47. The minimum atomic E-state index is -0.435. The summed E-state index contributed by atoms with van der Waals surface area (Å²) in [5.74, 6) is -0.327. The van der Waals surface area contributed by atoms with Crippen molar-refractivity contribution in [2.75, 3.05) is 13.2 Å². The fourth-order valence-corrected chi connectivity index (χ4v) is 1.88. The second-order valence-electron chi connectivity index (χ2n) is 7.61. The molecule has 0 unspecified atom stereocenters. The van der Waals surface area contributed by atoms with Gasteiger partial charge < -0.3 is 9.47 Å². The van der Waals surface area contributed by atoms with Crippen LogP contribution in [-0.4, -0.2) is 30.6 Å². The lowest BCUT2D eigenvalue weighted by Gasteiger charge is -2.19. The minimum Gasteiger partial charge on any atom is -0.462 e. The van der Waals surface area contributed by atoms with Crippen LogP contribution in [0.4, 0.5) is 0 Å². The highest BCUT2D eigenvalue weighted by Gasteiger charge is 2.23. The van der Waals surface area contributed by atoms with Crippen LogP contribution in [-0.2, 0) is 9.47 Å². The number of hydrogen-bond acceptors (Lipinski definition) is 4. The van der Waals surface area contributed by atoms with Crippen LogP contribution in [0.25, 0.3) is 0 Å². The van der Waals surface area contributed by atoms with E-state index in [1.807, 2.05) is 41.5 Å². The van der Waals surface area contributed by atoms with E-state index in [2.05, 4.69) is 0 Å². The van der Waals surface area contributed by atoms with Crippen molar-refractivity contribution in [3.8, 4) is 0 Å². The molecule has 0 radical (unpaired) electrons. The Kier molecular flexibility index (Phi) is 6.51. The summed E-state index contributed by atoms with van der Waals surface area (Å²) in [5, 5.41) is 0. The smallest absolute Gasteiger partial charge is 0.338 e. The summed E-state index contributed by atoms with van der Waals surface area (Å²) in [7, 11) is 0. The van der Waals surface area contributed by atoms with Crippen LogP contribution in [0.15, 0.2) is 24.3 Å². The molecule has 0 aliphatic heterocycles. The standard InChI is InChI=1S/C19H28O4/c1-18(2,3)16(20)14-8-10-15(11-9-14)17(21)22-12-7-13-23-19(4,5)6/h8-11H,7,12-13H2,1-6H3. The highest BCUT2D eigenvalue weighted by molar-refractivity contribution is 6.00. The Bertz CT molecular complexity index is 530. The van der Waals surface area contributed by atoms with Gasteiger partial charge in [0.2, 0.25) is 0 Å². The summed E-state index contributed by atoms with van der Waals surface area (Å²) in [4.78, 5) is 24.1. The lowest BCUT2D eigenvalue weighted by molar-refractivity contribution is -0.0117. The number of benzene rings is 1. The fraction of sp³-hybridized carbons (Fsp3) is 0.579. The van der Waals surface area contributed by atoms with Crippen molar-refractivity contribution in [1.82, 2.24) is 0 Å². The molecule has 0 aliphatic carbocycles. The molecule has 0 saturated heterocycles. The Labute approximate surface area is 139 Å². The molecule has 1 aromatic carbocycles. The summed E-state index contributed by atoms with van der Waals surface area (Å²) in [6, 6.07) is 6.61. The Morgan fingerprint density at radius 3 is 1.87 bits per heavy atom. The van der Waals surface area contributed by atoms with Gasteiger partial charge in [-0.3, -0.25) is 4.79 Å². The molecule has 0 N–H and O–H groups in total. The van der Waals surface area contributed by atoms with Crippen molar-refractivity contribution < 1.29 is 19.1 Å². The molecule has 0 aliphatic rings. The molecule has 0 heterocycles. The molecule has 23 heavy (non-hydrogen) atoms. The summed E-state index contributed by atoms with van der Waals surface area (Å²) in [6.07, 6.45) is 0.656. The van der Waals surface area contributed by atoms with Crippen molar-refractivity contribution in [3.05, 3.63) is 35.4 Å². The first kappa shape index (κ1) is 19.4. The van der Waals surface area contributed by atoms with E-state index < -0.39 is 5.41 Å². The summed E-state index contributed by atoms with van der Waals surface area (Å²) in [5.41, 5.74) is 0.439. The Morgan fingerprint density at radius 2 is 1.39 bits per heavy atom. The van der Waals surface area contributed by atoms with Crippen molar-refractivity contribution in [3.63, 3.8) is 0 Å². The monoisotopic (exact) mass is 320 g/mol. The van der Waals surface area contributed by atoms with E-state index in [0.29, 0.717) is 30.8 Å². The first-order valence-electron chi connectivity index (χ1n) is 7.97. The van der Waals surface area contributed by atoms with E-state index in [1.165, 1.54) is 0 Å². The van der Waals surface area contributed by atoms with Crippen LogP contribution in [0.3, 0.4) is 0 Å². The number of Topliss-reactive ketones (excluding diaryl/α,β-unsaturated/α-hetero) is 1. The topological polar surface area (TPSA) is 52.6 Å². The van der Waals surface area contributed by atoms with Crippen LogP contribution >= 0.6 is 0 Å². The quantitative estimate of drug-likeness (QED) is 0.446. The molecule has 0 fully saturated rings. The average molecular weight is 320 g/mol. The third-order valence-corrected chi connectivity index (χ3v) is 3.12. The molecule has 0 bridgehead atoms. The van der Waals surface area contributed by atoms with Gasteiger partial charge in [0, 0.05) is 17.4 Å². The zero-order chi connectivity index (χ0) is 17.7. The second-order valence-corrected chi connectivity index (χ2v) is 7.61. The van der Waals surface area contributed by atoms with Crippen LogP contribution in [0.5, 0.6) is 0 Å². The van der Waals surface area contributed by atoms with E-state index in [0.717, 1.165) is 0 Å². The van der Waals surface area contributed by atoms with Gasteiger partial charge in [0.15, 0.2) is 5.78 Å². The predicted octanol–water partition coefficient (Wildman–Crippen LogP) is 4.28. The molecule has 0 aromatic heterocycles. The van der Waals surface area contributed by atoms with E-state index in [-0.39, 0.29) is 17.4 Å². The lowest BCUT2D eigenvalue weighted by atomic mass is 9.86. The maximum atomic E-state index is 12.1. The number of carbonyl (C=O) groups is 2. The minimum absolute atomic E-state index is 0.0525. The van der Waals surface area contributed by atoms with Crippen LogP contribution in [0.2, 0.25) is 0 Å². The molecule has 0 atom stereocenters. The molecule has 0 spiro atoms. The lowest BCUT2D eigenvalue weighted by Crippen LogP contribution is -2.21. The molecule has 4 heteroatoms. The molecule has 1 aromatic rings. The normalized spacial score (nSPS) is 12.1. The van der Waals surface area contributed by atoms with Gasteiger partial charge in [-0.25, -0.2) is 4.79 Å². The SMILES string of the molecule is CC(C)(C)OCCCOC(=O)c1ccc(C(=O)C(C)(C)C)cc1. The molecular weight excluding hydrogens is 292 g/mol. The van der Waals surface area contributed by atoms with Crippen LogP contribution in [0, 0.1) is 5.41 Å². The number of ketones is 1. The number of esters is 1. The van der Waals surface area contributed by atoms with E-state index in [9.17, 15) is 9.59 Å². The van der Waals surface area contributed by atoms with Crippen molar-refractivity contribution in [2.45, 2.75) is 53.6 Å².